The summed E-state index contributed by atoms with van der Waals surface area (Å²) in [5.74, 6) is -0.972. The van der Waals surface area contributed by atoms with E-state index >= 15 is 0 Å². The molecule has 114 valence electrons. The number of rotatable bonds is 7. The molecule has 0 saturated carbocycles. The Labute approximate surface area is 141 Å². The molecule has 1 unspecified atom stereocenters. The fraction of sp³-hybridized carbons (Fsp3) is 0.889. The first kappa shape index (κ1) is 22.6. The maximum atomic E-state index is 11.4. The number of carbonyl (C=O) groups excluding carboxylic acids is 1. The van der Waals surface area contributed by atoms with Crippen LogP contribution in [0.15, 0.2) is 0 Å². The van der Waals surface area contributed by atoms with Gasteiger partial charge in [-0.15, -0.1) is 0 Å². The van der Waals surface area contributed by atoms with Crippen LogP contribution in [0.5, 0.6) is 0 Å². The molecule has 1 saturated heterocycles. The third kappa shape index (κ3) is 8.55. The summed E-state index contributed by atoms with van der Waals surface area (Å²) in [6.45, 7) is 1.36. The smallest absolute Gasteiger partial charge is 0.870 e. The van der Waals surface area contributed by atoms with Gasteiger partial charge in [-0.25, -0.2) is 0 Å². The average molecular weight is 339 g/mol. The van der Waals surface area contributed by atoms with Gasteiger partial charge in [0.25, 0.3) is 10.1 Å². The largest absolute Gasteiger partial charge is 1.00 e. The molecule has 0 radical (unpaired) electrons. The van der Waals surface area contributed by atoms with Crippen LogP contribution >= 0.6 is 0 Å². The molecule has 1 heterocycles. The van der Waals surface area contributed by atoms with E-state index in [0.29, 0.717) is 6.42 Å². The van der Waals surface area contributed by atoms with Crippen LogP contribution in [0, 0.1) is 0 Å². The van der Waals surface area contributed by atoms with Crippen LogP contribution in [0.3, 0.4) is 0 Å². The summed E-state index contributed by atoms with van der Waals surface area (Å²) in [5, 5.41) is 0. The Balaban J connectivity index is 0. The molecule has 1 rings (SSSR count). The Morgan fingerprint density at radius 3 is 2.45 bits per heavy atom. The SMILES string of the molecule is CC1(COS(=O)(=O)CCC[S-](=O)=O)CCC(=O)O1.[Na+].[OH-]. The molecular weight excluding hydrogens is 323 g/mol. The second-order valence-electron chi connectivity index (χ2n) is 4.31. The molecule has 11 heteroatoms. The number of carbonyl (C=O) groups is 1. The van der Waals surface area contributed by atoms with E-state index in [0.717, 1.165) is 0 Å². The molecule has 1 fully saturated rings. The maximum Gasteiger partial charge on any atom is 1.00 e. The Hall–Kier alpha value is 0.290. The van der Waals surface area contributed by atoms with E-state index in [1.54, 1.807) is 6.92 Å². The van der Waals surface area contributed by atoms with Crippen LogP contribution in [-0.4, -0.2) is 43.6 Å². The number of cyclic esters (lactones) is 1. The van der Waals surface area contributed by atoms with E-state index in [9.17, 15) is 21.6 Å². The minimum Gasteiger partial charge on any atom is -0.870 e. The summed E-state index contributed by atoms with van der Waals surface area (Å²) in [4.78, 5) is 10.9. The van der Waals surface area contributed by atoms with Crippen molar-refractivity contribution in [1.82, 2.24) is 0 Å². The third-order valence-electron chi connectivity index (χ3n) is 2.47. The second kappa shape index (κ2) is 9.34. The molecule has 0 bridgehead atoms. The summed E-state index contributed by atoms with van der Waals surface area (Å²) in [5.41, 5.74) is -0.911. The number of hydrogen-bond donors (Lipinski definition) is 0. The van der Waals surface area contributed by atoms with Crippen LogP contribution < -0.4 is 29.6 Å². The standard InChI is InChI=1S/C9H15O7S2.Na.H2O/c1-9(4-3-8(10)16-9)7-15-18(13,14)6-2-5-17(11)12;;/h2-7H2,1H3;;1H2/q-1;+1;/p-1. The predicted octanol–water partition coefficient (Wildman–Crippen LogP) is -3.04. The molecule has 0 amide bonds. The molecule has 0 aliphatic carbocycles. The normalized spacial score (nSPS) is 22.0. The molecule has 1 aliphatic heterocycles. The van der Waals surface area contributed by atoms with E-state index in [1.807, 2.05) is 0 Å². The predicted molar refractivity (Wildman–Crippen MR) is 63.6 cm³/mol. The van der Waals surface area contributed by atoms with Crippen molar-refractivity contribution in [2.45, 2.75) is 31.8 Å². The molecule has 8 nitrogen and oxygen atoms in total. The van der Waals surface area contributed by atoms with Gasteiger partial charge in [0.15, 0.2) is 0 Å². The minimum atomic E-state index is -3.78. The molecule has 0 aromatic rings. The van der Waals surface area contributed by atoms with Crippen molar-refractivity contribution in [3.05, 3.63) is 0 Å². The first-order valence-corrected chi connectivity index (χ1v) is 8.19. The van der Waals surface area contributed by atoms with Crippen LogP contribution in [-0.2, 0) is 43.0 Å². The fourth-order valence-electron chi connectivity index (χ4n) is 1.47. The van der Waals surface area contributed by atoms with Gasteiger partial charge >= 0.3 is 35.5 Å². The quantitative estimate of drug-likeness (QED) is 0.207. The summed E-state index contributed by atoms with van der Waals surface area (Å²) < 4.78 is 53.1. The van der Waals surface area contributed by atoms with Crippen molar-refractivity contribution >= 4 is 26.8 Å². The van der Waals surface area contributed by atoms with E-state index < -0.39 is 26.4 Å². The maximum absolute atomic E-state index is 11.4. The van der Waals surface area contributed by atoms with Crippen LogP contribution in [0.25, 0.3) is 0 Å². The van der Waals surface area contributed by atoms with E-state index in [-0.39, 0.29) is 72.0 Å². The first-order chi connectivity index (χ1) is 8.22. The van der Waals surface area contributed by atoms with Crippen molar-refractivity contribution in [2.75, 3.05) is 18.1 Å². The summed E-state index contributed by atoms with van der Waals surface area (Å²) in [7, 11) is -6.04. The zero-order valence-corrected chi connectivity index (χ0v) is 15.0. The summed E-state index contributed by atoms with van der Waals surface area (Å²) in [6, 6.07) is 0. The van der Waals surface area contributed by atoms with Gasteiger partial charge in [0.2, 0.25) is 0 Å². The fourth-order valence-corrected chi connectivity index (χ4v) is 3.08. The first-order valence-electron chi connectivity index (χ1n) is 5.37. The topological polar surface area (TPSA) is 134 Å². The zero-order valence-electron chi connectivity index (χ0n) is 11.4. The Kier molecular flexibility index (Phi) is 10.5. The number of hydrogen-bond acceptors (Lipinski definition) is 9. The second-order valence-corrected chi connectivity index (χ2v) is 7.08. The van der Waals surface area contributed by atoms with E-state index in [4.69, 9.17) is 8.92 Å². The van der Waals surface area contributed by atoms with Gasteiger partial charge in [0, 0.05) is 6.42 Å². The van der Waals surface area contributed by atoms with Crippen LogP contribution in [0.1, 0.15) is 26.2 Å². The molecule has 0 aromatic heterocycles. The molecule has 1 aliphatic rings. The Bertz CT molecular complexity index is 478. The minimum absolute atomic E-state index is 0. The van der Waals surface area contributed by atoms with Crippen molar-refractivity contribution < 1.29 is 65.6 Å². The van der Waals surface area contributed by atoms with Crippen molar-refractivity contribution in [3.8, 4) is 0 Å². The summed E-state index contributed by atoms with van der Waals surface area (Å²) in [6.07, 6.45) is 0.635. The number of ether oxygens (including phenoxy) is 1. The van der Waals surface area contributed by atoms with Crippen LogP contribution in [0.2, 0.25) is 0 Å². The molecule has 1 atom stereocenters. The molecule has 1 N–H and O–H groups in total. The van der Waals surface area contributed by atoms with Gasteiger partial charge in [-0.2, -0.15) is 8.42 Å². The van der Waals surface area contributed by atoms with E-state index in [1.165, 1.54) is 0 Å². The molecular formula is C9H16NaO8S2-. The van der Waals surface area contributed by atoms with Gasteiger partial charge in [-0.3, -0.25) is 8.98 Å². The average Bonchev–Trinajstić information content (AvgIpc) is 2.56. The third-order valence-corrected chi connectivity index (χ3v) is 4.36. The number of esters is 1. The van der Waals surface area contributed by atoms with Crippen molar-refractivity contribution in [1.29, 1.82) is 0 Å². The van der Waals surface area contributed by atoms with Gasteiger partial charge in [0.1, 0.15) is 12.2 Å². The summed E-state index contributed by atoms with van der Waals surface area (Å²) >= 11 is 0. The van der Waals surface area contributed by atoms with Gasteiger partial charge in [0.05, 0.1) is 5.75 Å². The van der Waals surface area contributed by atoms with Crippen molar-refractivity contribution in [2.24, 2.45) is 0 Å². The molecule has 0 spiro atoms. The zero-order chi connectivity index (χ0) is 13.8. The Morgan fingerprint density at radius 2 is 2.00 bits per heavy atom. The molecule has 20 heavy (non-hydrogen) atoms. The molecule has 0 aromatic carbocycles. The van der Waals surface area contributed by atoms with Crippen molar-refractivity contribution in [3.63, 3.8) is 0 Å². The van der Waals surface area contributed by atoms with Gasteiger partial charge in [-0.1, -0.05) is 22.9 Å². The van der Waals surface area contributed by atoms with Gasteiger partial charge < -0.3 is 18.6 Å². The Morgan fingerprint density at radius 1 is 1.40 bits per heavy atom. The van der Waals surface area contributed by atoms with Crippen LogP contribution in [0.4, 0.5) is 0 Å². The van der Waals surface area contributed by atoms with E-state index in [2.05, 4.69) is 0 Å². The van der Waals surface area contributed by atoms with Gasteiger partial charge in [-0.05, 0) is 13.3 Å². The monoisotopic (exact) mass is 339 g/mol.